The van der Waals surface area contributed by atoms with Crippen LogP contribution in [0.2, 0.25) is 10.0 Å². The summed E-state index contributed by atoms with van der Waals surface area (Å²) in [6.07, 6.45) is 1.03. The monoisotopic (exact) mass is 259 g/mol. The minimum Gasteiger partial charge on any atom is -0.396 e. The molecule has 0 radical (unpaired) electrons. The minimum absolute atomic E-state index is 0.206. The second-order valence-corrected chi connectivity index (χ2v) is 5.03. The molecule has 1 aromatic rings. The van der Waals surface area contributed by atoms with Gasteiger partial charge in [0.25, 0.3) is 0 Å². The van der Waals surface area contributed by atoms with E-state index in [0.717, 1.165) is 19.5 Å². The van der Waals surface area contributed by atoms with Crippen LogP contribution in [0.1, 0.15) is 17.9 Å². The molecule has 1 aliphatic heterocycles. The van der Waals surface area contributed by atoms with E-state index in [2.05, 4.69) is 5.32 Å². The van der Waals surface area contributed by atoms with Crippen molar-refractivity contribution in [2.75, 3.05) is 19.7 Å². The molecule has 0 bridgehead atoms. The first-order chi connectivity index (χ1) is 7.72. The molecular formula is C12H15Cl2NO. The van der Waals surface area contributed by atoms with E-state index < -0.39 is 0 Å². The average Bonchev–Trinajstić information content (AvgIpc) is 2.32. The summed E-state index contributed by atoms with van der Waals surface area (Å²) in [5.41, 5.74) is 1.18. The lowest BCUT2D eigenvalue weighted by Crippen LogP contribution is -2.37. The smallest absolute Gasteiger partial charge is 0.0595 e. The maximum Gasteiger partial charge on any atom is 0.0595 e. The Morgan fingerprint density at radius 3 is 2.81 bits per heavy atom. The van der Waals surface area contributed by atoms with Crippen molar-refractivity contribution in [2.45, 2.75) is 12.3 Å². The van der Waals surface area contributed by atoms with E-state index in [4.69, 9.17) is 23.2 Å². The molecule has 16 heavy (non-hydrogen) atoms. The molecule has 1 aliphatic rings. The molecule has 1 aromatic carbocycles. The summed E-state index contributed by atoms with van der Waals surface area (Å²) in [5.74, 6) is 0.645. The van der Waals surface area contributed by atoms with Gasteiger partial charge in [0.05, 0.1) is 10.0 Å². The zero-order chi connectivity index (χ0) is 11.5. The number of rotatable bonds is 2. The summed E-state index contributed by atoms with van der Waals surface area (Å²) < 4.78 is 0. The zero-order valence-electron chi connectivity index (χ0n) is 8.92. The summed E-state index contributed by atoms with van der Waals surface area (Å²) in [6, 6.07) is 5.76. The number of nitrogens with one attached hydrogen (secondary N) is 1. The number of aliphatic hydroxyl groups excluding tert-OH is 1. The van der Waals surface area contributed by atoms with Crippen molar-refractivity contribution in [3.05, 3.63) is 33.8 Å². The Balaban J connectivity index is 2.23. The number of hydrogen-bond acceptors (Lipinski definition) is 2. The normalized spacial score (nSPS) is 25.7. The van der Waals surface area contributed by atoms with Crippen molar-refractivity contribution in [3.8, 4) is 0 Å². The third-order valence-corrected chi connectivity index (χ3v) is 3.95. The van der Waals surface area contributed by atoms with Crippen LogP contribution >= 0.6 is 23.2 Å². The molecule has 2 atom stereocenters. The highest BCUT2D eigenvalue weighted by atomic mass is 35.5. The fourth-order valence-corrected chi connectivity index (χ4v) is 2.60. The number of aliphatic hydroxyl groups is 1. The Bertz CT molecular complexity index is 370. The molecule has 0 aromatic heterocycles. The van der Waals surface area contributed by atoms with E-state index >= 15 is 0 Å². The predicted molar refractivity (Wildman–Crippen MR) is 67.3 cm³/mol. The molecule has 88 valence electrons. The van der Waals surface area contributed by atoms with Crippen molar-refractivity contribution in [1.82, 2.24) is 5.32 Å². The van der Waals surface area contributed by atoms with Gasteiger partial charge in [0.1, 0.15) is 0 Å². The van der Waals surface area contributed by atoms with Crippen LogP contribution in [-0.4, -0.2) is 24.8 Å². The van der Waals surface area contributed by atoms with Gasteiger partial charge < -0.3 is 10.4 Å². The van der Waals surface area contributed by atoms with Crippen molar-refractivity contribution in [1.29, 1.82) is 0 Å². The van der Waals surface area contributed by atoms with Gasteiger partial charge in [0.15, 0.2) is 0 Å². The van der Waals surface area contributed by atoms with E-state index in [0.29, 0.717) is 16.0 Å². The number of halogens is 2. The molecule has 2 rings (SSSR count). The van der Waals surface area contributed by atoms with Crippen molar-refractivity contribution in [3.63, 3.8) is 0 Å². The van der Waals surface area contributed by atoms with Crippen LogP contribution < -0.4 is 5.32 Å². The Morgan fingerprint density at radius 1 is 1.31 bits per heavy atom. The first-order valence-electron chi connectivity index (χ1n) is 5.49. The zero-order valence-corrected chi connectivity index (χ0v) is 10.4. The molecule has 1 saturated heterocycles. The van der Waals surface area contributed by atoms with Gasteiger partial charge in [-0.15, -0.1) is 0 Å². The molecular weight excluding hydrogens is 245 g/mol. The standard InChI is InChI=1S/C12H15Cl2NO/c13-11-2-1-8(5-12(11)14)10-3-4-15-6-9(10)7-16/h1-2,5,9-10,15-16H,3-4,6-7H2/t9-,10-/m0/s1. The van der Waals surface area contributed by atoms with Gasteiger partial charge in [-0.1, -0.05) is 29.3 Å². The molecule has 0 aliphatic carbocycles. The SMILES string of the molecule is OC[C@@H]1CNCC[C@H]1c1ccc(Cl)c(Cl)c1. The molecule has 4 heteroatoms. The maximum absolute atomic E-state index is 9.35. The summed E-state index contributed by atoms with van der Waals surface area (Å²) in [4.78, 5) is 0. The molecule has 1 heterocycles. The molecule has 0 unspecified atom stereocenters. The topological polar surface area (TPSA) is 32.3 Å². The van der Waals surface area contributed by atoms with Gasteiger partial charge in [0, 0.05) is 19.1 Å². The largest absolute Gasteiger partial charge is 0.396 e. The molecule has 0 saturated carbocycles. The van der Waals surface area contributed by atoms with Crippen LogP contribution in [0.15, 0.2) is 18.2 Å². The van der Waals surface area contributed by atoms with Crippen molar-refractivity contribution in [2.24, 2.45) is 5.92 Å². The number of benzene rings is 1. The lowest BCUT2D eigenvalue weighted by atomic mass is 9.82. The third kappa shape index (κ3) is 2.51. The van der Waals surface area contributed by atoms with E-state index in [1.165, 1.54) is 5.56 Å². The first kappa shape index (κ1) is 12.2. The summed E-state index contributed by atoms with van der Waals surface area (Å²) in [5, 5.41) is 13.8. The van der Waals surface area contributed by atoms with E-state index in [-0.39, 0.29) is 12.5 Å². The first-order valence-corrected chi connectivity index (χ1v) is 6.24. The lowest BCUT2D eigenvalue weighted by Gasteiger charge is -2.31. The van der Waals surface area contributed by atoms with E-state index in [1.807, 2.05) is 18.2 Å². The Labute approximate surface area is 106 Å². The molecule has 1 fully saturated rings. The summed E-state index contributed by atoms with van der Waals surface area (Å²) in [7, 11) is 0. The maximum atomic E-state index is 9.35. The van der Waals surface area contributed by atoms with Gasteiger partial charge >= 0.3 is 0 Å². The highest BCUT2D eigenvalue weighted by molar-refractivity contribution is 6.42. The number of hydrogen-bond donors (Lipinski definition) is 2. The highest BCUT2D eigenvalue weighted by Crippen LogP contribution is 2.33. The Morgan fingerprint density at radius 2 is 2.12 bits per heavy atom. The number of piperidine rings is 1. The fraction of sp³-hybridized carbons (Fsp3) is 0.500. The summed E-state index contributed by atoms with van der Waals surface area (Å²) in [6.45, 7) is 2.06. The van der Waals surface area contributed by atoms with Gasteiger partial charge in [0.2, 0.25) is 0 Å². The van der Waals surface area contributed by atoms with Crippen LogP contribution in [0.5, 0.6) is 0 Å². The van der Waals surface area contributed by atoms with Crippen LogP contribution in [-0.2, 0) is 0 Å². The predicted octanol–water partition coefficient (Wildman–Crippen LogP) is 2.68. The van der Waals surface area contributed by atoms with Gasteiger partial charge in [-0.05, 0) is 36.6 Å². The van der Waals surface area contributed by atoms with Crippen LogP contribution in [0, 0.1) is 5.92 Å². The Kier molecular flexibility index (Phi) is 4.09. The molecule has 2 N–H and O–H groups in total. The van der Waals surface area contributed by atoms with Gasteiger partial charge in [-0.3, -0.25) is 0 Å². The minimum atomic E-state index is 0.206. The highest BCUT2D eigenvalue weighted by Gasteiger charge is 2.25. The van der Waals surface area contributed by atoms with Crippen LogP contribution in [0.4, 0.5) is 0 Å². The second-order valence-electron chi connectivity index (χ2n) is 4.22. The van der Waals surface area contributed by atoms with Crippen LogP contribution in [0.25, 0.3) is 0 Å². The quantitative estimate of drug-likeness (QED) is 0.856. The lowest BCUT2D eigenvalue weighted by molar-refractivity contribution is 0.179. The van der Waals surface area contributed by atoms with E-state index in [1.54, 1.807) is 0 Å². The molecule has 0 amide bonds. The molecule has 0 spiro atoms. The van der Waals surface area contributed by atoms with Crippen molar-refractivity contribution < 1.29 is 5.11 Å². The third-order valence-electron chi connectivity index (χ3n) is 3.21. The average molecular weight is 260 g/mol. The van der Waals surface area contributed by atoms with Crippen LogP contribution in [0.3, 0.4) is 0 Å². The van der Waals surface area contributed by atoms with Crippen molar-refractivity contribution >= 4 is 23.2 Å². The molecule has 2 nitrogen and oxygen atoms in total. The Hall–Kier alpha value is -0.280. The summed E-state index contributed by atoms with van der Waals surface area (Å²) >= 11 is 11.9. The second kappa shape index (κ2) is 5.37. The van der Waals surface area contributed by atoms with E-state index in [9.17, 15) is 5.11 Å². The van der Waals surface area contributed by atoms with Gasteiger partial charge in [-0.2, -0.15) is 0 Å². The fourth-order valence-electron chi connectivity index (χ4n) is 2.30. The van der Waals surface area contributed by atoms with Gasteiger partial charge in [-0.25, -0.2) is 0 Å².